The third-order valence-electron chi connectivity index (χ3n) is 3.53. The molecule has 1 aromatic rings. The van der Waals surface area contributed by atoms with Gasteiger partial charge in [0.1, 0.15) is 0 Å². The number of nitrogens with zero attached hydrogens (tertiary/aromatic N) is 2. The van der Waals surface area contributed by atoms with E-state index in [9.17, 15) is 4.79 Å². The van der Waals surface area contributed by atoms with Gasteiger partial charge in [-0.25, -0.2) is 0 Å². The van der Waals surface area contributed by atoms with Crippen molar-refractivity contribution in [2.75, 3.05) is 13.1 Å². The molecule has 98 valence electrons. The largest absolute Gasteiger partial charge is 0.481 e. The lowest BCUT2D eigenvalue weighted by Crippen LogP contribution is -2.34. The van der Waals surface area contributed by atoms with Crippen LogP contribution in [0, 0.1) is 0 Å². The zero-order chi connectivity index (χ0) is 12.8. The molecule has 1 N–H and O–H groups in total. The monoisotopic (exact) mass is 248 g/mol. The SMILES string of the molecule is O=C(O)CCC(c1cccnc1)N1CCCCC1. The van der Waals surface area contributed by atoms with Crippen LogP contribution < -0.4 is 0 Å². The van der Waals surface area contributed by atoms with Crippen molar-refractivity contribution in [3.63, 3.8) is 0 Å². The number of piperidine rings is 1. The lowest BCUT2D eigenvalue weighted by Gasteiger charge is -2.34. The maximum absolute atomic E-state index is 10.8. The first-order chi connectivity index (χ1) is 8.77. The highest BCUT2D eigenvalue weighted by atomic mass is 16.4. The summed E-state index contributed by atoms with van der Waals surface area (Å²) in [5, 5.41) is 8.87. The second-order valence-corrected chi connectivity index (χ2v) is 4.83. The Kier molecular flexibility index (Phi) is 4.70. The van der Waals surface area contributed by atoms with Gasteiger partial charge in [0, 0.05) is 24.9 Å². The van der Waals surface area contributed by atoms with E-state index in [1.807, 2.05) is 18.3 Å². The van der Waals surface area contributed by atoms with Crippen LogP contribution in [0.2, 0.25) is 0 Å². The molecule has 0 amide bonds. The van der Waals surface area contributed by atoms with Crippen LogP contribution in [0.4, 0.5) is 0 Å². The molecule has 2 heterocycles. The summed E-state index contributed by atoms with van der Waals surface area (Å²) in [7, 11) is 0. The number of aliphatic carboxylic acids is 1. The predicted octanol–water partition coefficient (Wildman–Crippen LogP) is 2.47. The van der Waals surface area contributed by atoms with Gasteiger partial charge in [0.25, 0.3) is 0 Å². The van der Waals surface area contributed by atoms with Gasteiger partial charge in [-0.2, -0.15) is 0 Å². The highest BCUT2D eigenvalue weighted by Gasteiger charge is 2.22. The number of hydrogen-bond acceptors (Lipinski definition) is 3. The van der Waals surface area contributed by atoms with Gasteiger partial charge in [0.15, 0.2) is 0 Å². The van der Waals surface area contributed by atoms with E-state index in [4.69, 9.17) is 5.11 Å². The summed E-state index contributed by atoms with van der Waals surface area (Å²) >= 11 is 0. The van der Waals surface area contributed by atoms with Gasteiger partial charge in [-0.15, -0.1) is 0 Å². The van der Waals surface area contributed by atoms with Crippen molar-refractivity contribution in [2.45, 2.75) is 38.1 Å². The van der Waals surface area contributed by atoms with Gasteiger partial charge in [0.2, 0.25) is 0 Å². The standard InChI is InChI=1S/C14H20N2O2/c17-14(18)7-6-13(12-5-4-8-15-11-12)16-9-2-1-3-10-16/h4-5,8,11,13H,1-3,6-7,9-10H2,(H,17,18). The van der Waals surface area contributed by atoms with Gasteiger partial charge >= 0.3 is 5.97 Å². The minimum Gasteiger partial charge on any atom is -0.481 e. The quantitative estimate of drug-likeness (QED) is 0.869. The number of carbonyl (C=O) groups is 1. The fourth-order valence-electron chi connectivity index (χ4n) is 2.62. The van der Waals surface area contributed by atoms with Crippen LogP contribution in [0.25, 0.3) is 0 Å². The van der Waals surface area contributed by atoms with E-state index in [2.05, 4.69) is 9.88 Å². The van der Waals surface area contributed by atoms with Crippen molar-refractivity contribution in [3.05, 3.63) is 30.1 Å². The van der Waals surface area contributed by atoms with Crippen LogP contribution in [0.15, 0.2) is 24.5 Å². The molecular weight excluding hydrogens is 228 g/mol. The Labute approximate surface area is 108 Å². The molecule has 1 atom stereocenters. The zero-order valence-electron chi connectivity index (χ0n) is 10.6. The molecular formula is C14H20N2O2. The van der Waals surface area contributed by atoms with E-state index in [0.29, 0.717) is 6.42 Å². The first-order valence-electron chi connectivity index (χ1n) is 6.63. The Hall–Kier alpha value is -1.42. The molecule has 0 bridgehead atoms. The van der Waals surface area contributed by atoms with Crippen LogP contribution in [-0.2, 0) is 4.79 Å². The van der Waals surface area contributed by atoms with Crippen molar-refractivity contribution in [2.24, 2.45) is 0 Å². The predicted molar refractivity (Wildman–Crippen MR) is 69.3 cm³/mol. The molecule has 18 heavy (non-hydrogen) atoms. The number of hydrogen-bond donors (Lipinski definition) is 1. The van der Waals surface area contributed by atoms with Crippen molar-refractivity contribution in [1.82, 2.24) is 9.88 Å². The summed E-state index contributed by atoms with van der Waals surface area (Å²) in [6, 6.07) is 4.18. The molecule has 0 aliphatic carbocycles. The Balaban J connectivity index is 2.08. The van der Waals surface area contributed by atoms with Gasteiger partial charge < -0.3 is 5.11 Å². The van der Waals surface area contributed by atoms with Crippen LogP contribution in [0.1, 0.15) is 43.7 Å². The van der Waals surface area contributed by atoms with E-state index in [1.165, 1.54) is 19.3 Å². The number of carboxylic acids is 1. The molecule has 0 saturated carbocycles. The Bertz CT molecular complexity index is 375. The highest BCUT2D eigenvalue weighted by Crippen LogP contribution is 2.28. The van der Waals surface area contributed by atoms with E-state index in [0.717, 1.165) is 18.7 Å². The van der Waals surface area contributed by atoms with Crippen molar-refractivity contribution in [3.8, 4) is 0 Å². The molecule has 2 rings (SSSR count). The summed E-state index contributed by atoms with van der Waals surface area (Å²) in [4.78, 5) is 17.3. The maximum atomic E-state index is 10.8. The lowest BCUT2D eigenvalue weighted by molar-refractivity contribution is -0.137. The van der Waals surface area contributed by atoms with E-state index < -0.39 is 5.97 Å². The van der Waals surface area contributed by atoms with Crippen LogP contribution in [-0.4, -0.2) is 34.0 Å². The Morgan fingerprint density at radius 1 is 1.39 bits per heavy atom. The lowest BCUT2D eigenvalue weighted by atomic mass is 9.99. The third kappa shape index (κ3) is 3.53. The summed E-state index contributed by atoms with van der Waals surface area (Å²) in [6.45, 7) is 2.14. The Morgan fingerprint density at radius 3 is 2.78 bits per heavy atom. The summed E-state index contributed by atoms with van der Waals surface area (Å²) in [5.41, 5.74) is 1.14. The first-order valence-corrected chi connectivity index (χ1v) is 6.63. The fraction of sp³-hybridized carbons (Fsp3) is 0.571. The van der Waals surface area contributed by atoms with Crippen molar-refractivity contribution >= 4 is 5.97 Å². The number of likely N-dealkylation sites (tertiary alicyclic amines) is 1. The van der Waals surface area contributed by atoms with Crippen LogP contribution in [0.5, 0.6) is 0 Å². The molecule has 4 nitrogen and oxygen atoms in total. The molecule has 1 aliphatic heterocycles. The topological polar surface area (TPSA) is 53.4 Å². The van der Waals surface area contributed by atoms with Crippen molar-refractivity contribution < 1.29 is 9.90 Å². The van der Waals surface area contributed by atoms with E-state index in [1.54, 1.807) is 6.20 Å². The molecule has 0 radical (unpaired) electrons. The van der Waals surface area contributed by atoms with Crippen LogP contribution >= 0.6 is 0 Å². The molecule has 1 aromatic heterocycles. The zero-order valence-corrected chi connectivity index (χ0v) is 10.6. The molecule has 0 aromatic carbocycles. The van der Waals surface area contributed by atoms with Gasteiger partial charge in [0.05, 0.1) is 0 Å². The van der Waals surface area contributed by atoms with Gasteiger partial charge in [-0.05, 0) is 44.0 Å². The number of pyridine rings is 1. The summed E-state index contributed by atoms with van der Waals surface area (Å²) < 4.78 is 0. The summed E-state index contributed by atoms with van der Waals surface area (Å²) in [5.74, 6) is -0.721. The van der Waals surface area contributed by atoms with Crippen molar-refractivity contribution in [1.29, 1.82) is 0 Å². The molecule has 1 saturated heterocycles. The molecule has 4 heteroatoms. The smallest absolute Gasteiger partial charge is 0.303 e. The maximum Gasteiger partial charge on any atom is 0.303 e. The van der Waals surface area contributed by atoms with Crippen LogP contribution in [0.3, 0.4) is 0 Å². The van der Waals surface area contributed by atoms with Gasteiger partial charge in [-0.1, -0.05) is 12.5 Å². The first kappa shape index (κ1) is 13.0. The minimum absolute atomic E-state index is 0.204. The van der Waals surface area contributed by atoms with E-state index >= 15 is 0 Å². The minimum atomic E-state index is -0.721. The summed E-state index contributed by atoms with van der Waals surface area (Å²) in [6.07, 6.45) is 8.22. The fourth-order valence-corrected chi connectivity index (χ4v) is 2.62. The number of rotatable bonds is 5. The molecule has 1 fully saturated rings. The highest BCUT2D eigenvalue weighted by molar-refractivity contribution is 5.66. The number of aromatic nitrogens is 1. The molecule has 1 aliphatic rings. The van der Waals surface area contributed by atoms with E-state index in [-0.39, 0.29) is 12.5 Å². The average Bonchev–Trinajstić information content (AvgIpc) is 2.41. The average molecular weight is 248 g/mol. The second kappa shape index (κ2) is 6.50. The Morgan fingerprint density at radius 2 is 2.17 bits per heavy atom. The van der Waals surface area contributed by atoms with Gasteiger partial charge in [-0.3, -0.25) is 14.7 Å². The second-order valence-electron chi connectivity index (χ2n) is 4.83. The molecule has 0 spiro atoms. The molecule has 1 unspecified atom stereocenters. The normalized spacial score (nSPS) is 18.4. The number of carboxylic acid groups (broad SMARTS) is 1. The third-order valence-corrected chi connectivity index (χ3v) is 3.53.